The van der Waals surface area contributed by atoms with Crippen molar-refractivity contribution in [3.8, 4) is 0 Å². The van der Waals surface area contributed by atoms with Crippen molar-refractivity contribution in [3.05, 3.63) is 76.9 Å². The van der Waals surface area contributed by atoms with Gasteiger partial charge in [-0.2, -0.15) is 0 Å². The first-order valence-electron chi connectivity index (χ1n) is 9.23. The van der Waals surface area contributed by atoms with E-state index in [0.717, 1.165) is 31.6 Å². The molecule has 0 atom stereocenters. The number of amides is 2. The van der Waals surface area contributed by atoms with Crippen molar-refractivity contribution in [2.45, 2.75) is 13.0 Å². The zero-order valence-electron chi connectivity index (χ0n) is 15.6. The largest absolute Gasteiger partial charge is 0.355 e. The first-order chi connectivity index (χ1) is 13.2. The van der Waals surface area contributed by atoms with Crippen LogP contribution in [-0.4, -0.2) is 43.4 Å². The summed E-state index contributed by atoms with van der Waals surface area (Å²) in [4.78, 5) is 25.9. The number of nitrogens with zero attached hydrogens (tertiary/aromatic N) is 1. The quantitative estimate of drug-likeness (QED) is 0.774. The highest BCUT2D eigenvalue weighted by Crippen LogP contribution is 2.17. The van der Waals surface area contributed by atoms with Crippen molar-refractivity contribution < 1.29 is 9.59 Å². The summed E-state index contributed by atoms with van der Waals surface area (Å²) in [7, 11) is 1.60. The Morgan fingerprint density at radius 3 is 2.56 bits per heavy atom. The van der Waals surface area contributed by atoms with Crippen LogP contribution in [-0.2, 0) is 17.8 Å². The maximum atomic E-state index is 12.0. The maximum absolute atomic E-state index is 12.0. The molecule has 0 bridgehead atoms. The molecule has 5 nitrogen and oxygen atoms in total. The highest BCUT2D eigenvalue weighted by atomic mass is 16.2. The number of carbonyl (C=O) groups excluding carboxylic acids is 2. The van der Waals surface area contributed by atoms with Gasteiger partial charge < -0.3 is 10.6 Å². The average molecular weight is 363 g/mol. The van der Waals surface area contributed by atoms with E-state index in [1.807, 2.05) is 12.1 Å². The third-order valence-corrected chi connectivity index (χ3v) is 4.76. The second kappa shape index (κ2) is 9.14. The topological polar surface area (TPSA) is 61.4 Å². The van der Waals surface area contributed by atoms with E-state index in [1.165, 1.54) is 17.2 Å². The van der Waals surface area contributed by atoms with Crippen LogP contribution in [0.4, 0.5) is 0 Å². The fourth-order valence-electron chi connectivity index (χ4n) is 3.20. The molecule has 140 valence electrons. The summed E-state index contributed by atoms with van der Waals surface area (Å²) < 4.78 is 0. The van der Waals surface area contributed by atoms with Gasteiger partial charge in [-0.3, -0.25) is 14.5 Å². The molecule has 27 heavy (non-hydrogen) atoms. The lowest BCUT2D eigenvalue weighted by Crippen LogP contribution is -2.37. The molecule has 0 saturated carbocycles. The zero-order valence-corrected chi connectivity index (χ0v) is 15.6. The van der Waals surface area contributed by atoms with Gasteiger partial charge in [0.25, 0.3) is 5.91 Å². The van der Waals surface area contributed by atoms with Gasteiger partial charge in [0, 0.05) is 44.9 Å². The highest BCUT2D eigenvalue weighted by Gasteiger charge is 2.14. The smallest absolute Gasteiger partial charge is 0.251 e. The zero-order chi connectivity index (χ0) is 19.1. The van der Waals surface area contributed by atoms with Gasteiger partial charge in [0.05, 0.1) is 0 Å². The molecule has 0 radical (unpaired) electrons. The van der Waals surface area contributed by atoms with Crippen LogP contribution in [0.5, 0.6) is 0 Å². The van der Waals surface area contributed by atoms with Crippen LogP contribution >= 0.6 is 0 Å². The molecule has 0 saturated heterocycles. The second-order valence-electron chi connectivity index (χ2n) is 6.62. The lowest BCUT2D eigenvalue weighted by Gasteiger charge is -2.28. The molecule has 5 heteroatoms. The Kier molecular flexibility index (Phi) is 6.39. The van der Waals surface area contributed by atoms with Crippen molar-refractivity contribution in [2.75, 3.05) is 26.7 Å². The molecule has 1 heterocycles. The lowest BCUT2D eigenvalue weighted by atomic mass is 10.00. The summed E-state index contributed by atoms with van der Waals surface area (Å²) in [5, 5.41) is 5.51. The van der Waals surface area contributed by atoms with Crippen LogP contribution in [0.25, 0.3) is 6.08 Å². The van der Waals surface area contributed by atoms with E-state index in [2.05, 4.69) is 39.8 Å². The van der Waals surface area contributed by atoms with Gasteiger partial charge >= 0.3 is 0 Å². The minimum Gasteiger partial charge on any atom is -0.355 e. The van der Waals surface area contributed by atoms with Gasteiger partial charge in [0.15, 0.2) is 0 Å². The lowest BCUT2D eigenvalue weighted by molar-refractivity contribution is -0.116. The van der Waals surface area contributed by atoms with Crippen molar-refractivity contribution in [1.82, 2.24) is 15.5 Å². The Balaban J connectivity index is 1.42. The van der Waals surface area contributed by atoms with E-state index in [0.29, 0.717) is 12.1 Å². The third kappa shape index (κ3) is 5.28. The number of carbonyl (C=O) groups is 2. The van der Waals surface area contributed by atoms with Crippen LogP contribution in [0.2, 0.25) is 0 Å². The Labute approximate surface area is 160 Å². The number of nitrogens with one attached hydrogen (secondary N) is 2. The first-order valence-corrected chi connectivity index (χ1v) is 9.23. The molecule has 0 fully saturated rings. The summed E-state index contributed by atoms with van der Waals surface area (Å²) in [5.74, 6) is -0.230. The van der Waals surface area contributed by atoms with Gasteiger partial charge in [-0.25, -0.2) is 0 Å². The van der Waals surface area contributed by atoms with Crippen molar-refractivity contribution >= 4 is 17.9 Å². The number of fused-ring (bicyclic) bond motifs is 1. The normalized spacial score (nSPS) is 14.0. The molecule has 0 aromatic heterocycles. The summed E-state index contributed by atoms with van der Waals surface area (Å²) in [6, 6.07) is 15.7. The maximum Gasteiger partial charge on any atom is 0.251 e. The molecule has 2 aromatic rings. The van der Waals surface area contributed by atoms with Crippen molar-refractivity contribution in [1.29, 1.82) is 0 Å². The molecular weight excluding hydrogens is 338 g/mol. The fourth-order valence-corrected chi connectivity index (χ4v) is 3.20. The van der Waals surface area contributed by atoms with Crippen LogP contribution in [0.3, 0.4) is 0 Å². The van der Waals surface area contributed by atoms with Crippen LogP contribution in [0.15, 0.2) is 54.6 Å². The van der Waals surface area contributed by atoms with Crippen LogP contribution in [0.1, 0.15) is 27.0 Å². The predicted molar refractivity (Wildman–Crippen MR) is 107 cm³/mol. The molecule has 2 N–H and O–H groups in total. The molecule has 0 aliphatic carbocycles. The highest BCUT2D eigenvalue weighted by molar-refractivity contribution is 5.94. The summed E-state index contributed by atoms with van der Waals surface area (Å²) in [5.41, 5.74) is 4.30. The molecule has 0 spiro atoms. The second-order valence-corrected chi connectivity index (χ2v) is 6.62. The van der Waals surface area contributed by atoms with Gasteiger partial charge in [-0.05, 0) is 41.3 Å². The SMILES string of the molecule is CNC(=O)c1ccc(/C=C\C(=O)NCCN2CCc3ccccc3C2)cc1. The third-order valence-electron chi connectivity index (χ3n) is 4.76. The average Bonchev–Trinajstić information content (AvgIpc) is 2.72. The Morgan fingerprint density at radius 2 is 1.81 bits per heavy atom. The molecule has 0 unspecified atom stereocenters. The number of hydrogen-bond acceptors (Lipinski definition) is 3. The molecule has 2 aromatic carbocycles. The first kappa shape index (κ1) is 18.9. The number of hydrogen-bond donors (Lipinski definition) is 2. The minimum absolute atomic E-state index is 0.109. The van der Waals surface area contributed by atoms with Gasteiger partial charge in [-0.1, -0.05) is 36.4 Å². The van der Waals surface area contributed by atoms with E-state index in [1.54, 1.807) is 25.3 Å². The van der Waals surface area contributed by atoms with E-state index in [-0.39, 0.29) is 11.8 Å². The van der Waals surface area contributed by atoms with E-state index in [9.17, 15) is 9.59 Å². The van der Waals surface area contributed by atoms with Crippen LogP contribution in [0, 0.1) is 0 Å². The predicted octanol–water partition coefficient (Wildman–Crippen LogP) is 2.23. The van der Waals surface area contributed by atoms with Gasteiger partial charge in [0.1, 0.15) is 0 Å². The Bertz CT molecular complexity index is 828. The summed E-state index contributed by atoms with van der Waals surface area (Å²) in [6.07, 6.45) is 4.34. The monoisotopic (exact) mass is 363 g/mol. The number of rotatable bonds is 6. The van der Waals surface area contributed by atoms with Crippen LogP contribution < -0.4 is 10.6 Å². The van der Waals surface area contributed by atoms with Gasteiger partial charge in [0.2, 0.25) is 5.91 Å². The van der Waals surface area contributed by atoms with E-state index in [4.69, 9.17) is 0 Å². The molecule has 1 aliphatic rings. The van der Waals surface area contributed by atoms with Gasteiger partial charge in [-0.15, -0.1) is 0 Å². The Morgan fingerprint density at radius 1 is 1.07 bits per heavy atom. The molecule has 3 rings (SSSR count). The standard InChI is InChI=1S/C22H25N3O2/c1-23-22(27)19-9-6-17(7-10-19)8-11-21(26)24-13-15-25-14-12-18-4-2-3-5-20(18)16-25/h2-11H,12-16H2,1H3,(H,23,27)(H,24,26)/b11-8-. The van der Waals surface area contributed by atoms with Crippen molar-refractivity contribution in [3.63, 3.8) is 0 Å². The number of benzene rings is 2. The molecular formula is C22H25N3O2. The molecule has 1 aliphatic heterocycles. The van der Waals surface area contributed by atoms with E-state index >= 15 is 0 Å². The summed E-state index contributed by atoms with van der Waals surface area (Å²) in [6.45, 7) is 3.44. The van der Waals surface area contributed by atoms with E-state index < -0.39 is 0 Å². The minimum atomic E-state index is -0.122. The fraction of sp³-hybridized carbons (Fsp3) is 0.273. The summed E-state index contributed by atoms with van der Waals surface area (Å²) >= 11 is 0. The van der Waals surface area contributed by atoms with Crippen molar-refractivity contribution in [2.24, 2.45) is 0 Å². The Hall–Kier alpha value is -2.92. The molecule has 2 amide bonds.